The van der Waals surface area contributed by atoms with Gasteiger partial charge in [-0.2, -0.15) is 0 Å². The van der Waals surface area contributed by atoms with Gasteiger partial charge in [-0.25, -0.2) is 0 Å². The number of carboxylic acids is 1. The molecule has 0 aliphatic heterocycles. The first kappa shape index (κ1) is 14.6. The van der Waals surface area contributed by atoms with Crippen molar-refractivity contribution in [2.75, 3.05) is 6.54 Å². The van der Waals surface area contributed by atoms with Crippen LogP contribution in [0, 0.1) is 6.92 Å². The molecule has 18 heavy (non-hydrogen) atoms. The summed E-state index contributed by atoms with van der Waals surface area (Å²) in [5, 5.41) is 8.80. The Hall–Kier alpha value is -1.42. The average Bonchev–Trinajstić information content (AvgIpc) is 2.22. The van der Waals surface area contributed by atoms with Crippen molar-refractivity contribution < 1.29 is 9.90 Å². The van der Waals surface area contributed by atoms with Gasteiger partial charge in [0.15, 0.2) is 0 Å². The third-order valence-corrected chi connectivity index (χ3v) is 2.85. The first-order chi connectivity index (χ1) is 8.29. The fourth-order valence-electron chi connectivity index (χ4n) is 1.81. The lowest BCUT2D eigenvalue weighted by Crippen LogP contribution is -2.42. The molecule has 1 N–H and O–H groups in total. The van der Waals surface area contributed by atoms with Gasteiger partial charge in [0.05, 0.1) is 6.42 Å². The molecular formula is C14H22N2O2. The Kier molecular flexibility index (Phi) is 4.84. The fraction of sp³-hybridized carbons (Fsp3) is 0.571. The van der Waals surface area contributed by atoms with E-state index in [1.165, 1.54) is 0 Å². The topological polar surface area (TPSA) is 53.4 Å². The zero-order valence-corrected chi connectivity index (χ0v) is 11.6. The highest BCUT2D eigenvalue weighted by molar-refractivity contribution is 5.66. The van der Waals surface area contributed by atoms with Crippen LogP contribution in [0.4, 0.5) is 0 Å². The van der Waals surface area contributed by atoms with Gasteiger partial charge in [0.1, 0.15) is 0 Å². The predicted molar refractivity (Wildman–Crippen MR) is 71.4 cm³/mol. The van der Waals surface area contributed by atoms with Gasteiger partial charge < -0.3 is 5.11 Å². The Morgan fingerprint density at radius 2 is 2.06 bits per heavy atom. The molecule has 0 aliphatic rings. The zero-order chi connectivity index (χ0) is 13.8. The highest BCUT2D eigenvalue weighted by Gasteiger charge is 2.22. The van der Waals surface area contributed by atoms with Crippen LogP contribution in [0.25, 0.3) is 0 Å². The minimum atomic E-state index is -0.758. The molecule has 0 saturated heterocycles. The molecule has 1 rings (SSSR count). The summed E-state index contributed by atoms with van der Waals surface area (Å²) in [7, 11) is 0. The van der Waals surface area contributed by atoms with Crippen LogP contribution in [-0.2, 0) is 11.3 Å². The molecule has 0 spiro atoms. The molecule has 0 saturated carbocycles. The molecule has 1 aromatic rings. The van der Waals surface area contributed by atoms with E-state index in [4.69, 9.17) is 5.11 Å². The third kappa shape index (κ3) is 4.84. The van der Waals surface area contributed by atoms with Crippen molar-refractivity contribution in [1.29, 1.82) is 0 Å². The Bertz CT molecular complexity index is 411. The van der Waals surface area contributed by atoms with E-state index in [0.717, 1.165) is 17.7 Å². The number of aryl methyl sites for hydroxylation is 1. The van der Waals surface area contributed by atoms with Gasteiger partial charge in [0.25, 0.3) is 0 Å². The lowest BCUT2D eigenvalue weighted by atomic mass is 10.0. The summed E-state index contributed by atoms with van der Waals surface area (Å²) < 4.78 is 0. The molecule has 0 bridgehead atoms. The summed E-state index contributed by atoms with van der Waals surface area (Å²) >= 11 is 0. The Morgan fingerprint density at radius 3 is 2.56 bits per heavy atom. The van der Waals surface area contributed by atoms with E-state index in [9.17, 15) is 4.79 Å². The van der Waals surface area contributed by atoms with Crippen LogP contribution in [0.5, 0.6) is 0 Å². The van der Waals surface area contributed by atoms with Gasteiger partial charge in [-0.15, -0.1) is 0 Å². The fourth-order valence-corrected chi connectivity index (χ4v) is 1.81. The summed E-state index contributed by atoms with van der Waals surface area (Å²) in [5.41, 5.74) is 2.19. The first-order valence-electron chi connectivity index (χ1n) is 6.16. The van der Waals surface area contributed by atoms with Crippen molar-refractivity contribution in [3.63, 3.8) is 0 Å². The van der Waals surface area contributed by atoms with Crippen molar-refractivity contribution in [3.05, 3.63) is 29.6 Å². The molecule has 0 atom stereocenters. The smallest absolute Gasteiger partial charge is 0.304 e. The van der Waals surface area contributed by atoms with Crippen LogP contribution in [0.15, 0.2) is 18.5 Å². The van der Waals surface area contributed by atoms with Crippen molar-refractivity contribution in [1.82, 2.24) is 9.88 Å². The second kappa shape index (κ2) is 5.96. The number of aliphatic carboxylic acids is 1. The second-order valence-electron chi connectivity index (χ2n) is 5.61. The van der Waals surface area contributed by atoms with Crippen LogP contribution in [0.1, 0.15) is 38.3 Å². The predicted octanol–water partition coefficient (Wildman–Crippen LogP) is 2.47. The van der Waals surface area contributed by atoms with E-state index >= 15 is 0 Å². The van der Waals surface area contributed by atoms with E-state index in [-0.39, 0.29) is 12.0 Å². The quantitative estimate of drug-likeness (QED) is 0.872. The first-order valence-corrected chi connectivity index (χ1v) is 6.16. The summed E-state index contributed by atoms with van der Waals surface area (Å²) in [4.78, 5) is 17.0. The zero-order valence-electron chi connectivity index (χ0n) is 11.6. The summed E-state index contributed by atoms with van der Waals surface area (Å²) in [6.07, 6.45) is 3.82. The van der Waals surface area contributed by atoms with Crippen LogP contribution in [0.3, 0.4) is 0 Å². The lowest BCUT2D eigenvalue weighted by Gasteiger charge is -2.35. The van der Waals surface area contributed by atoms with E-state index in [1.807, 2.05) is 19.3 Å². The molecule has 1 aromatic heterocycles. The van der Waals surface area contributed by atoms with Crippen molar-refractivity contribution >= 4 is 5.97 Å². The van der Waals surface area contributed by atoms with Gasteiger partial charge in [-0.3, -0.25) is 14.7 Å². The second-order valence-corrected chi connectivity index (χ2v) is 5.61. The van der Waals surface area contributed by atoms with Gasteiger partial charge in [-0.05, 0) is 38.8 Å². The minimum absolute atomic E-state index is 0.0564. The maximum absolute atomic E-state index is 10.7. The minimum Gasteiger partial charge on any atom is -0.481 e. The van der Waals surface area contributed by atoms with Crippen molar-refractivity contribution in [2.24, 2.45) is 0 Å². The molecule has 4 heteroatoms. The van der Waals surface area contributed by atoms with Crippen molar-refractivity contribution in [2.45, 2.75) is 46.2 Å². The number of rotatable bonds is 5. The SMILES string of the molecule is Cc1cncc(CN(CCC(=O)O)C(C)(C)C)c1. The number of carboxylic acid groups (broad SMARTS) is 1. The van der Waals surface area contributed by atoms with E-state index in [1.54, 1.807) is 0 Å². The van der Waals surface area contributed by atoms with E-state index in [2.05, 4.69) is 36.7 Å². The van der Waals surface area contributed by atoms with Gasteiger partial charge in [-0.1, -0.05) is 6.07 Å². The molecule has 100 valence electrons. The molecule has 0 radical (unpaired) electrons. The number of carbonyl (C=O) groups is 1. The van der Waals surface area contributed by atoms with Gasteiger partial charge >= 0.3 is 5.97 Å². The van der Waals surface area contributed by atoms with Crippen LogP contribution >= 0.6 is 0 Å². The number of hydrogen-bond acceptors (Lipinski definition) is 3. The number of pyridine rings is 1. The van der Waals surface area contributed by atoms with E-state index < -0.39 is 5.97 Å². The third-order valence-electron chi connectivity index (χ3n) is 2.85. The molecular weight excluding hydrogens is 228 g/mol. The van der Waals surface area contributed by atoms with Crippen LogP contribution in [-0.4, -0.2) is 33.0 Å². The number of nitrogens with zero attached hydrogens (tertiary/aromatic N) is 2. The molecule has 0 aliphatic carbocycles. The monoisotopic (exact) mass is 250 g/mol. The van der Waals surface area contributed by atoms with E-state index in [0.29, 0.717) is 6.54 Å². The average molecular weight is 250 g/mol. The summed E-state index contributed by atoms with van der Waals surface area (Å²) in [5.74, 6) is -0.758. The largest absolute Gasteiger partial charge is 0.481 e. The highest BCUT2D eigenvalue weighted by Crippen LogP contribution is 2.17. The number of hydrogen-bond donors (Lipinski definition) is 1. The molecule has 0 amide bonds. The molecule has 1 heterocycles. The molecule has 0 unspecified atom stereocenters. The Balaban J connectivity index is 2.75. The van der Waals surface area contributed by atoms with Crippen LogP contribution < -0.4 is 0 Å². The molecule has 0 aromatic carbocycles. The maximum atomic E-state index is 10.7. The summed E-state index contributed by atoms with van der Waals surface area (Å²) in [6.45, 7) is 9.57. The van der Waals surface area contributed by atoms with Crippen molar-refractivity contribution in [3.8, 4) is 0 Å². The maximum Gasteiger partial charge on any atom is 0.304 e. The lowest BCUT2D eigenvalue weighted by molar-refractivity contribution is -0.137. The van der Waals surface area contributed by atoms with Gasteiger partial charge in [0.2, 0.25) is 0 Å². The normalized spacial score (nSPS) is 11.8. The Morgan fingerprint density at radius 1 is 1.39 bits per heavy atom. The van der Waals surface area contributed by atoms with Gasteiger partial charge in [0, 0.05) is 31.0 Å². The van der Waals surface area contributed by atoms with Crippen LogP contribution in [0.2, 0.25) is 0 Å². The molecule has 0 fully saturated rings. The summed E-state index contributed by atoms with van der Waals surface area (Å²) in [6, 6.07) is 2.09. The number of aromatic nitrogens is 1. The molecule has 4 nitrogen and oxygen atoms in total. The standard InChI is InChI=1S/C14H22N2O2/c1-11-7-12(9-15-8-11)10-16(14(2,3)4)6-5-13(17)18/h7-9H,5-6,10H2,1-4H3,(H,17,18). The highest BCUT2D eigenvalue weighted by atomic mass is 16.4. The Labute approximate surface area is 109 Å².